The molecule has 3 rings (SSSR count). The molecule has 106 valence electrons. The first-order valence-electron chi connectivity index (χ1n) is 7.43. The van der Waals surface area contributed by atoms with E-state index < -0.39 is 7.94 Å². The predicted molar refractivity (Wildman–Crippen MR) is 80.7 cm³/mol. The molecule has 0 unspecified atom stereocenters. The molecule has 0 spiro atoms. The Labute approximate surface area is 120 Å². The Bertz CT molecular complexity index is 236. The van der Waals surface area contributed by atoms with Crippen molar-refractivity contribution in [2.45, 2.75) is 38.5 Å². The summed E-state index contributed by atoms with van der Waals surface area (Å²) < 4.78 is 14.2. The summed E-state index contributed by atoms with van der Waals surface area (Å²) in [5, 5.41) is 0. The molecule has 0 aromatic carbocycles. The number of hydrogen-bond acceptors (Lipinski definition) is 4. The molecule has 0 atom stereocenters. The molecule has 3 saturated heterocycles. The van der Waals surface area contributed by atoms with Gasteiger partial charge in [-0.25, -0.2) is 0 Å². The van der Waals surface area contributed by atoms with Gasteiger partial charge in [-0.2, -0.15) is 0 Å². The standard InChI is InChI=1S/C12H25BrN3OP/c13-17-18(14-7-1-2-8-14,15-9-3-4-10-15)16-11-5-6-12-16/h18H,1-12H2. The van der Waals surface area contributed by atoms with E-state index in [1.807, 2.05) is 0 Å². The van der Waals surface area contributed by atoms with Gasteiger partial charge < -0.3 is 0 Å². The van der Waals surface area contributed by atoms with E-state index in [0.29, 0.717) is 0 Å². The van der Waals surface area contributed by atoms with Gasteiger partial charge in [-0.3, -0.25) is 0 Å². The van der Waals surface area contributed by atoms with Gasteiger partial charge in [0.25, 0.3) is 0 Å². The Morgan fingerprint density at radius 1 is 0.611 bits per heavy atom. The third-order valence-corrected chi connectivity index (χ3v) is 9.98. The average Bonchev–Trinajstić information content (AvgIpc) is 3.16. The Hall–Kier alpha value is 0.750. The van der Waals surface area contributed by atoms with Crippen molar-refractivity contribution in [3.8, 4) is 0 Å². The minimum atomic E-state index is -2.05. The van der Waals surface area contributed by atoms with Crippen LogP contribution in [0.15, 0.2) is 0 Å². The van der Waals surface area contributed by atoms with Crippen molar-refractivity contribution in [1.29, 1.82) is 0 Å². The topological polar surface area (TPSA) is 19.0 Å². The van der Waals surface area contributed by atoms with Crippen molar-refractivity contribution < 1.29 is 3.62 Å². The summed E-state index contributed by atoms with van der Waals surface area (Å²) in [5.74, 6) is 0. The fourth-order valence-electron chi connectivity index (χ4n) is 3.77. The monoisotopic (exact) mass is 337 g/mol. The predicted octanol–water partition coefficient (Wildman–Crippen LogP) is 3.01. The van der Waals surface area contributed by atoms with E-state index in [4.69, 9.17) is 3.62 Å². The molecule has 0 amide bonds. The van der Waals surface area contributed by atoms with Gasteiger partial charge in [0.1, 0.15) is 0 Å². The molecule has 0 aromatic heterocycles. The van der Waals surface area contributed by atoms with E-state index in [0.717, 1.165) is 0 Å². The number of hydrogen-bond donors (Lipinski definition) is 0. The van der Waals surface area contributed by atoms with Crippen LogP contribution in [0.2, 0.25) is 0 Å². The molecule has 6 heteroatoms. The molecule has 4 nitrogen and oxygen atoms in total. The molecule has 3 fully saturated rings. The van der Waals surface area contributed by atoms with Crippen LogP contribution in [0, 0.1) is 0 Å². The van der Waals surface area contributed by atoms with Gasteiger partial charge >= 0.3 is 120 Å². The van der Waals surface area contributed by atoms with Gasteiger partial charge in [0.15, 0.2) is 0 Å². The first-order chi connectivity index (χ1) is 8.88. The second kappa shape index (κ2) is 6.02. The second-order valence-corrected chi connectivity index (χ2v) is 9.90. The van der Waals surface area contributed by atoms with Gasteiger partial charge in [0.05, 0.1) is 0 Å². The summed E-state index contributed by atoms with van der Waals surface area (Å²) in [4.78, 5) is 0. The van der Waals surface area contributed by atoms with Gasteiger partial charge in [0, 0.05) is 0 Å². The molecule has 0 aromatic rings. The Morgan fingerprint density at radius 3 is 1.11 bits per heavy atom. The molecule has 0 saturated carbocycles. The van der Waals surface area contributed by atoms with E-state index >= 15 is 0 Å². The van der Waals surface area contributed by atoms with E-state index in [1.54, 1.807) is 0 Å². The normalized spacial score (nSPS) is 29.4. The summed E-state index contributed by atoms with van der Waals surface area (Å²) in [6.45, 7) is 7.36. The molecule has 0 aliphatic carbocycles. The van der Waals surface area contributed by atoms with Crippen LogP contribution in [0.5, 0.6) is 0 Å². The second-order valence-electron chi connectivity index (χ2n) is 5.73. The molecule has 0 bridgehead atoms. The quantitative estimate of drug-likeness (QED) is 0.734. The van der Waals surface area contributed by atoms with Crippen LogP contribution in [0.25, 0.3) is 0 Å². The summed E-state index contributed by atoms with van der Waals surface area (Å²) in [6.07, 6.45) is 8.04. The van der Waals surface area contributed by atoms with E-state index in [9.17, 15) is 0 Å². The van der Waals surface area contributed by atoms with Crippen LogP contribution in [-0.4, -0.2) is 53.3 Å². The maximum absolute atomic E-state index is 6.12. The van der Waals surface area contributed by atoms with Crippen molar-refractivity contribution in [1.82, 2.24) is 14.0 Å². The zero-order valence-corrected chi connectivity index (χ0v) is 13.7. The Balaban J connectivity index is 1.87. The molecule has 18 heavy (non-hydrogen) atoms. The molecular weight excluding hydrogens is 313 g/mol. The van der Waals surface area contributed by atoms with Crippen molar-refractivity contribution in [3.63, 3.8) is 0 Å². The van der Waals surface area contributed by atoms with Crippen LogP contribution in [-0.2, 0) is 3.62 Å². The first-order valence-corrected chi connectivity index (χ1v) is 9.82. The van der Waals surface area contributed by atoms with E-state index in [-0.39, 0.29) is 0 Å². The third kappa shape index (κ3) is 2.27. The molecule has 0 radical (unpaired) electrons. The molecule has 0 N–H and O–H groups in total. The summed E-state index contributed by atoms with van der Waals surface area (Å²) in [5.41, 5.74) is 0. The molecule has 3 aliphatic rings. The summed E-state index contributed by atoms with van der Waals surface area (Å²) in [6, 6.07) is 0. The number of rotatable bonds is 4. The first kappa shape index (κ1) is 13.7. The van der Waals surface area contributed by atoms with Gasteiger partial charge in [0.2, 0.25) is 0 Å². The molecule has 3 heterocycles. The van der Waals surface area contributed by atoms with Crippen molar-refractivity contribution in [2.24, 2.45) is 0 Å². The van der Waals surface area contributed by atoms with Crippen LogP contribution in [0.4, 0.5) is 0 Å². The number of halogens is 1. The SMILES string of the molecule is BrO[PH](N1CCCC1)(N1CCCC1)N1CCCC1. The van der Waals surface area contributed by atoms with Crippen molar-refractivity contribution >= 4 is 24.2 Å². The van der Waals surface area contributed by atoms with Crippen molar-refractivity contribution in [3.05, 3.63) is 0 Å². The van der Waals surface area contributed by atoms with Gasteiger partial charge in [-0.1, -0.05) is 0 Å². The molecule has 3 aliphatic heterocycles. The number of nitrogens with zero attached hydrogens (tertiary/aromatic N) is 3. The van der Waals surface area contributed by atoms with E-state index in [2.05, 4.69) is 30.3 Å². The fourth-order valence-corrected chi connectivity index (χ4v) is 9.80. The Morgan fingerprint density at radius 2 is 0.889 bits per heavy atom. The van der Waals surface area contributed by atoms with Gasteiger partial charge in [-0.15, -0.1) is 0 Å². The summed E-state index contributed by atoms with van der Waals surface area (Å²) in [7, 11) is -2.05. The maximum atomic E-state index is 6.12. The Kier molecular flexibility index (Phi) is 4.59. The van der Waals surface area contributed by atoms with Crippen LogP contribution < -0.4 is 0 Å². The average molecular weight is 338 g/mol. The fraction of sp³-hybridized carbons (Fsp3) is 1.00. The third-order valence-electron chi connectivity index (χ3n) is 4.66. The minimum absolute atomic E-state index is 1.23. The van der Waals surface area contributed by atoms with Crippen LogP contribution in [0.1, 0.15) is 38.5 Å². The van der Waals surface area contributed by atoms with Crippen LogP contribution in [0.3, 0.4) is 0 Å². The van der Waals surface area contributed by atoms with Crippen molar-refractivity contribution in [2.75, 3.05) is 39.3 Å². The van der Waals surface area contributed by atoms with Gasteiger partial charge in [-0.05, 0) is 0 Å². The zero-order valence-electron chi connectivity index (χ0n) is 11.1. The van der Waals surface area contributed by atoms with Crippen LogP contribution >= 0.6 is 24.2 Å². The van der Waals surface area contributed by atoms with E-state index in [1.165, 1.54) is 77.8 Å². The molecular formula is C12H25BrN3OP. The zero-order chi connectivity index (χ0) is 12.4. The summed E-state index contributed by atoms with van der Waals surface area (Å²) >= 11 is 3.44.